The molecule has 24 heavy (non-hydrogen) atoms. The predicted octanol–water partition coefficient (Wildman–Crippen LogP) is 1.91. The highest BCUT2D eigenvalue weighted by Gasteiger charge is 2.25. The van der Waals surface area contributed by atoms with Gasteiger partial charge in [0.15, 0.2) is 0 Å². The molecule has 0 bridgehead atoms. The molecule has 0 fully saturated rings. The van der Waals surface area contributed by atoms with Crippen molar-refractivity contribution in [3.8, 4) is 0 Å². The Bertz CT molecular complexity index is 979. The van der Waals surface area contributed by atoms with Crippen molar-refractivity contribution in [2.75, 3.05) is 0 Å². The maximum atomic E-state index is 12.2. The summed E-state index contributed by atoms with van der Waals surface area (Å²) >= 11 is 0. The summed E-state index contributed by atoms with van der Waals surface area (Å²) in [6, 6.07) is 9.28. The molecule has 0 heterocycles. The highest BCUT2D eigenvalue weighted by atomic mass is 32.3. The number of sulfonamides is 2. The van der Waals surface area contributed by atoms with E-state index < -0.39 is 29.9 Å². The van der Waals surface area contributed by atoms with Crippen LogP contribution in [-0.4, -0.2) is 21.8 Å². The average Bonchev–Trinajstić information content (AvgIpc) is 2.54. The lowest BCUT2D eigenvalue weighted by atomic mass is 10.2. The zero-order valence-electron chi connectivity index (χ0n) is 12.1. The molecule has 126 valence electrons. The first-order valence-electron chi connectivity index (χ1n) is 6.41. The van der Waals surface area contributed by atoms with Crippen molar-refractivity contribution in [1.82, 2.24) is 4.13 Å². The van der Waals surface area contributed by atoms with Gasteiger partial charge in [-0.05, 0) is 29.8 Å². The standard InChI is InChI=1S/C14H12N2O6S2/c1-2-11-3-7-13(8-4-11)23(19,20)15-24(21,22)14-9-5-12(6-10-14)16(17)18/h2-10,15H,1H2. The van der Waals surface area contributed by atoms with Crippen molar-refractivity contribution in [3.05, 3.63) is 70.8 Å². The summed E-state index contributed by atoms with van der Waals surface area (Å²) in [7, 11) is -8.73. The van der Waals surface area contributed by atoms with Gasteiger partial charge in [0, 0.05) is 12.1 Å². The van der Waals surface area contributed by atoms with Gasteiger partial charge in [-0.3, -0.25) is 10.1 Å². The van der Waals surface area contributed by atoms with Crippen molar-refractivity contribution in [2.24, 2.45) is 0 Å². The minimum absolute atomic E-state index is 0.237. The second kappa shape index (κ2) is 6.51. The number of benzene rings is 2. The summed E-state index contributed by atoms with van der Waals surface area (Å²) in [6.07, 6.45) is 1.51. The Hall–Kier alpha value is -2.56. The molecule has 0 aliphatic carbocycles. The second-order valence-electron chi connectivity index (χ2n) is 4.61. The molecule has 0 saturated carbocycles. The minimum Gasteiger partial charge on any atom is -0.258 e. The molecule has 1 N–H and O–H groups in total. The van der Waals surface area contributed by atoms with Crippen LogP contribution in [0.5, 0.6) is 0 Å². The highest BCUT2D eigenvalue weighted by Crippen LogP contribution is 2.18. The van der Waals surface area contributed by atoms with Crippen LogP contribution in [0.3, 0.4) is 0 Å². The predicted molar refractivity (Wildman–Crippen MR) is 87.1 cm³/mol. The number of hydrogen-bond donors (Lipinski definition) is 1. The molecule has 0 aliphatic heterocycles. The van der Waals surface area contributed by atoms with E-state index in [1.54, 1.807) is 4.13 Å². The molecule has 0 spiro atoms. The van der Waals surface area contributed by atoms with Gasteiger partial charge in [0.1, 0.15) is 0 Å². The largest absolute Gasteiger partial charge is 0.269 e. The summed E-state index contributed by atoms with van der Waals surface area (Å²) in [4.78, 5) is 9.23. The van der Waals surface area contributed by atoms with Gasteiger partial charge in [0.05, 0.1) is 14.7 Å². The van der Waals surface area contributed by atoms with Gasteiger partial charge >= 0.3 is 0 Å². The molecule has 0 unspecified atom stereocenters. The number of nitrogens with zero attached hydrogens (tertiary/aromatic N) is 1. The molecule has 0 aliphatic rings. The molecule has 8 nitrogen and oxygen atoms in total. The molecule has 0 aromatic heterocycles. The van der Waals surface area contributed by atoms with E-state index in [2.05, 4.69) is 6.58 Å². The van der Waals surface area contributed by atoms with Crippen molar-refractivity contribution >= 4 is 31.8 Å². The topological polar surface area (TPSA) is 123 Å². The Kier molecular flexibility index (Phi) is 4.83. The molecule has 0 atom stereocenters. The smallest absolute Gasteiger partial charge is 0.258 e. The first kappa shape index (κ1) is 17.8. The van der Waals surface area contributed by atoms with Crippen LogP contribution in [0.4, 0.5) is 5.69 Å². The number of non-ortho nitro benzene ring substituents is 1. The van der Waals surface area contributed by atoms with Crippen LogP contribution in [0.25, 0.3) is 6.08 Å². The first-order valence-corrected chi connectivity index (χ1v) is 9.38. The van der Waals surface area contributed by atoms with Gasteiger partial charge in [-0.2, -0.15) is 0 Å². The van der Waals surface area contributed by atoms with Gasteiger partial charge in [0.25, 0.3) is 25.7 Å². The van der Waals surface area contributed by atoms with Crippen LogP contribution in [0, 0.1) is 10.1 Å². The average molecular weight is 368 g/mol. The van der Waals surface area contributed by atoms with Crippen LogP contribution in [0.2, 0.25) is 0 Å². The first-order chi connectivity index (χ1) is 11.2. The molecular weight excluding hydrogens is 356 g/mol. The second-order valence-corrected chi connectivity index (χ2v) is 8.24. The summed E-state index contributed by atoms with van der Waals surface area (Å²) in [5.41, 5.74) is 0.365. The summed E-state index contributed by atoms with van der Waals surface area (Å²) < 4.78 is 50.2. The van der Waals surface area contributed by atoms with Crippen LogP contribution in [0.15, 0.2) is 64.9 Å². The third-order valence-electron chi connectivity index (χ3n) is 3.00. The Morgan fingerprint density at radius 1 is 0.875 bits per heavy atom. The van der Waals surface area contributed by atoms with E-state index in [1.807, 2.05) is 0 Å². The summed E-state index contributed by atoms with van der Waals surface area (Å²) in [5, 5.41) is 10.6. The van der Waals surface area contributed by atoms with Crippen LogP contribution >= 0.6 is 0 Å². The molecule has 2 rings (SSSR count). The molecule has 2 aromatic rings. The van der Waals surface area contributed by atoms with E-state index in [0.717, 1.165) is 24.3 Å². The fraction of sp³-hybridized carbons (Fsp3) is 0. The quantitative estimate of drug-likeness (QED) is 0.613. The van der Waals surface area contributed by atoms with E-state index in [0.29, 0.717) is 5.56 Å². The van der Waals surface area contributed by atoms with Crippen molar-refractivity contribution in [1.29, 1.82) is 0 Å². The van der Waals surface area contributed by atoms with Crippen LogP contribution in [-0.2, 0) is 20.0 Å². The SMILES string of the molecule is C=Cc1ccc(S(=O)(=O)NS(=O)(=O)c2ccc([N+](=O)[O-])cc2)cc1. The maximum Gasteiger partial charge on any atom is 0.269 e. The molecule has 2 aromatic carbocycles. The Morgan fingerprint density at radius 2 is 1.29 bits per heavy atom. The van der Waals surface area contributed by atoms with Gasteiger partial charge in [0.2, 0.25) is 0 Å². The van der Waals surface area contributed by atoms with E-state index in [4.69, 9.17) is 0 Å². The van der Waals surface area contributed by atoms with E-state index in [-0.39, 0.29) is 10.6 Å². The number of rotatable bonds is 6. The normalized spacial score (nSPS) is 11.8. The monoisotopic (exact) mass is 368 g/mol. The molecule has 0 radical (unpaired) electrons. The zero-order chi connectivity index (χ0) is 18.0. The number of hydrogen-bond acceptors (Lipinski definition) is 6. The zero-order valence-corrected chi connectivity index (χ0v) is 13.7. The lowest BCUT2D eigenvalue weighted by Crippen LogP contribution is -2.30. The fourth-order valence-corrected chi connectivity index (χ4v) is 4.68. The maximum absolute atomic E-state index is 12.2. The van der Waals surface area contributed by atoms with E-state index in [1.165, 1.54) is 30.3 Å². The lowest BCUT2D eigenvalue weighted by molar-refractivity contribution is -0.384. The third kappa shape index (κ3) is 3.85. The van der Waals surface area contributed by atoms with Crippen LogP contribution < -0.4 is 4.13 Å². The molecule has 10 heteroatoms. The Labute approximate surface area is 138 Å². The highest BCUT2D eigenvalue weighted by molar-refractivity contribution is 8.04. The van der Waals surface area contributed by atoms with E-state index >= 15 is 0 Å². The molecular formula is C14H12N2O6S2. The van der Waals surface area contributed by atoms with Gasteiger partial charge in [-0.15, -0.1) is 4.13 Å². The minimum atomic E-state index is -4.40. The van der Waals surface area contributed by atoms with Gasteiger partial charge in [-0.25, -0.2) is 16.8 Å². The number of nitrogens with one attached hydrogen (secondary N) is 1. The van der Waals surface area contributed by atoms with Crippen molar-refractivity contribution in [3.63, 3.8) is 0 Å². The fourth-order valence-electron chi connectivity index (χ4n) is 1.77. The van der Waals surface area contributed by atoms with E-state index in [9.17, 15) is 26.9 Å². The molecule has 0 amide bonds. The van der Waals surface area contributed by atoms with Crippen LogP contribution in [0.1, 0.15) is 5.56 Å². The molecule has 0 saturated heterocycles. The van der Waals surface area contributed by atoms with Crippen molar-refractivity contribution < 1.29 is 21.8 Å². The van der Waals surface area contributed by atoms with Gasteiger partial charge in [-0.1, -0.05) is 24.8 Å². The third-order valence-corrected chi connectivity index (χ3v) is 6.54. The lowest BCUT2D eigenvalue weighted by Gasteiger charge is -2.08. The number of nitro benzene ring substituents is 1. The Balaban J connectivity index is 2.32. The number of nitro groups is 1. The summed E-state index contributed by atoms with van der Waals surface area (Å²) in [6.45, 7) is 3.53. The summed E-state index contributed by atoms with van der Waals surface area (Å²) in [5.74, 6) is 0. The van der Waals surface area contributed by atoms with Crippen molar-refractivity contribution in [2.45, 2.75) is 9.79 Å². The van der Waals surface area contributed by atoms with Gasteiger partial charge < -0.3 is 0 Å². The Morgan fingerprint density at radius 3 is 1.67 bits per heavy atom.